The van der Waals surface area contributed by atoms with Crippen molar-refractivity contribution in [3.8, 4) is 0 Å². The number of nitrogens with one attached hydrogen (secondary N) is 1. The third-order valence-electron chi connectivity index (χ3n) is 2.49. The molecule has 0 radical (unpaired) electrons. The van der Waals surface area contributed by atoms with Crippen molar-refractivity contribution in [1.82, 2.24) is 5.32 Å². The summed E-state index contributed by atoms with van der Waals surface area (Å²) in [7, 11) is 1.86. The van der Waals surface area contributed by atoms with Gasteiger partial charge in [0.15, 0.2) is 0 Å². The van der Waals surface area contributed by atoms with Gasteiger partial charge >= 0.3 is 0 Å². The minimum absolute atomic E-state index is 0.300. The van der Waals surface area contributed by atoms with Crippen LogP contribution in [0.15, 0.2) is 24.3 Å². The van der Waals surface area contributed by atoms with Crippen molar-refractivity contribution in [2.75, 3.05) is 13.6 Å². The monoisotopic (exact) mass is 205 g/mol. The maximum Gasteiger partial charge on any atom is 0.138 e. The van der Waals surface area contributed by atoms with Gasteiger partial charge in [-0.05, 0) is 24.6 Å². The molecule has 0 unspecified atom stereocenters. The van der Waals surface area contributed by atoms with Crippen molar-refractivity contribution >= 4 is 5.78 Å². The zero-order chi connectivity index (χ0) is 11.1. The number of ketones is 1. The molecule has 82 valence electrons. The van der Waals surface area contributed by atoms with Gasteiger partial charge in [-0.3, -0.25) is 4.79 Å². The zero-order valence-electron chi connectivity index (χ0n) is 9.55. The highest BCUT2D eigenvalue weighted by atomic mass is 16.1. The molecular formula is C13H19NO. The summed E-state index contributed by atoms with van der Waals surface area (Å²) in [5, 5.41) is 2.98. The first-order chi connectivity index (χ1) is 7.26. The van der Waals surface area contributed by atoms with Gasteiger partial charge in [0.1, 0.15) is 5.78 Å². The van der Waals surface area contributed by atoms with E-state index in [1.165, 1.54) is 5.56 Å². The summed E-state index contributed by atoms with van der Waals surface area (Å²) < 4.78 is 0. The second kappa shape index (κ2) is 6.36. The van der Waals surface area contributed by atoms with E-state index in [1.54, 1.807) is 0 Å². The number of carbonyl (C=O) groups excluding carboxylic acids is 1. The van der Waals surface area contributed by atoms with E-state index in [1.807, 2.05) is 7.05 Å². The molecule has 0 atom stereocenters. The number of carbonyl (C=O) groups is 1. The molecule has 0 aliphatic rings. The van der Waals surface area contributed by atoms with Crippen LogP contribution in [-0.4, -0.2) is 19.4 Å². The van der Waals surface area contributed by atoms with Crippen LogP contribution in [0.5, 0.6) is 0 Å². The Labute approximate surface area is 91.7 Å². The fourth-order valence-electron chi connectivity index (χ4n) is 1.47. The predicted octanol–water partition coefficient (Wildman–Crippen LogP) is 1.97. The quantitative estimate of drug-likeness (QED) is 0.769. The minimum Gasteiger partial charge on any atom is -0.319 e. The molecule has 0 saturated carbocycles. The number of hydrogen-bond acceptors (Lipinski definition) is 2. The standard InChI is InChI=1S/C13H19NO/c1-3-11-4-6-12(7-5-11)10-13(15)8-9-14-2/h4-7,14H,3,8-10H2,1-2H3. The van der Waals surface area contributed by atoms with Gasteiger partial charge in [0.2, 0.25) is 0 Å². The number of hydrogen-bond donors (Lipinski definition) is 1. The summed E-state index contributed by atoms with van der Waals surface area (Å²) in [6.07, 6.45) is 2.23. The molecule has 0 heterocycles. The van der Waals surface area contributed by atoms with Crippen LogP contribution in [0.25, 0.3) is 0 Å². The second-order valence-corrected chi connectivity index (χ2v) is 3.74. The van der Waals surface area contributed by atoms with Crippen molar-refractivity contribution < 1.29 is 4.79 Å². The number of Topliss-reactive ketones (excluding diaryl/α,β-unsaturated/α-hetero) is 1. The van der Waals surface area contributed by atoms with E-state index in [2.05, 4.69) is 36.5 Å². The summed E-state index contributed by atoms with van der Waals surface area (Å²) in [6, 6.07) is 8.30. The van der Waals surface area contributed by atoms with Crippen molar-refractivity contribution in [2.24, 2.45) is 0 Å². The molecule has 0 aliphatic heterocycles. The van der Waals surface area contributed by atoms with Crippen molar-refractivity contribution in [1.29, 1.82) is 0 Å². The van der Waals surface area contributed by atoms with Gasteiger partial charge < -0.3 is 5.32 Å². The van der Waals surface area contributed by atoms with Gasteiger partial charge in [0, 0.05) is 19.4 Å². The summed E-state index contributed by atoms with van der Waals surface area (Å²) in [4.78, 5) is 11.5. The molecule has 2 heteroatoms. The Kier molecular flexibility index (Phi) is 5.05. The molecule has 1 aromatic rings. The average Bonchev–Trinajstić information content (AvgIpc) is 2.27. The lowest BCUT2D eigenvalue weighted by molar-refractivity contribution is -0.118. The molecule has 0 bridgehead atoms. The number of aryl methyl sites for hydroxylation is 1. The van der Waals surface area contributed by atoms with Crippen LogP contribution in [0.1, 0.15) is 24.5 Å². The fourth-order valence-corrected chi connectivity index (χ4v) is 1.47. The van der Waals surface area contributed by atoms with E-state index in [0.29, 0.717) is 18.6 Å². The molecule has 0 fully saturated rings. The first kappa shape index (κ1) is 11.9. The first-order valence-electron chi connectivity index (χ1n) is 5.50. The zero-order valence-corrected chi connectivity index (χ0v) is 9.55. The van der Waals surface area contributed by atoms with E-state index in [9.17, 15) is 4.79 Å². The third kappa shape index (κ3) is 4.26. The highest BCUT2D eigenvalue weighted by Crippen LogP contribution is 2.06. The summed E-state index contributed by atoms with van der Waals surface area (Å²) in [5.74, 6) is 0.300. The maximum absolute atomic E-state index is 11.5. The van der Waals surface area contributed by atoms with Crippen LogP contribution >= 0.6 is 0 Å². The lowest BCUT2D eigenvalue weighted by Gasteiger charge is -2.02. The van der Waals surface area contributed by atoms with E-state index in [-0.39, 0.29) is 0 Å². The molecule has 0 amide bonds. The van der Waals surface area contributed by atoms with Crippen LogP contribution in [0.4, 0.5) is 0 Å². The van der Waals surface area contributed by atoms with Gasteiger partial charge in [0.25, 0.3) is 0 Å². The number of rotatable bonds is 6. The Hall–Kier alpha value is -1.15. The highest BCUT2D eigenvalue weighted by Gasteiger charge is 2.02. The molecule has 0 aliphatic carbocycles. The van der Waals surface area contributed by atoms with Crippen LogP contribution in [-0.2, 0) is 17.6 Å². The first-order valence-corrected chi connectivity index (χ1v) is 5.50. The van der Waals surface area contributed by atoms with Gasteiger partial charge in [-0.15, -0.1) is 0 Å². The van der Waals surface area contributed by atoms with E-state index in [4.69, 9.17) is 0 Å². The van der Waals surface area contributed by atoms with E-state index < -0.39 is 0 Å². The Morgan fingerprint density at radius 3 is 2.33 bits per heavy atom. The molecule has 1 N–H and O–H groups in total. The molecule has 1 rings (SSSR count). The van der Waals surface area contributed by atoms with Crippen LogP contribution in [0.3, 0.4) is 0 Å². The van der Waals surface area contributed by atoms with E-state index >= 15 is 0 Å². The van der Waals surface area contributed by atoms with Crippen LogP contribution in [0.2, 0.25) is 0 Å². The van der Waals surface area contributed by atoms with Crippen molar-refractivity contribution in [2.45, 2.75) is 26.2 Å². The predicted molar refractivity (Wildman–Crippen MR) is 63.1 cm³/mol. The second-order valence-electron chi connectivity index (χ2n) is 3.74. The maximum atomic E-state index is 11.5. The molecule has 0 spiro atoms. The van der Waals surface area contributed by atoms with Crippen LogP contribution in [0, 0.1) is 0 Å². The van der Waals surface area contributed by atoms with Crippen molar-refractivity contribution in [3.05, 3.63) is 35.4 Å². The SMILES string of the molecule is CCc1ccc(CC(=O)CCNC)cc1. The lowest BCUT2D eigenvalue weighted by atomic mass is 10.0. The molecule has 15 heavy (non-hydrogen) atoms. The highest BCUT2D eigenvalue weighted by molar-refractivity contribution is 5.81. The third-order valence-corrected chi connectivity index (χ3v) is 2.49. The molecular weight excluding hydrogens is 186 g/mol. The van der Waals surface area contributed by atoms with Gasteiger partial charge in [-0.1, -0.05) is 31.2 Å². The summed E-state index contributed by atoms with van der Waals surface area (Å²) in [5.41, 5.74) is 2.44. The Balaban J connectivity index is 2.46. The Morgan fingerprint density at radius 2 is 1.80 bits per heavy atom. The largest absolute Gasteiger partial charge is 0.319 e. The summed E-state index contributed by atoms with van der Waals surface area (Å²) in [6.45, 7) is 2.90. The normalized spacial score (nSPS) is 10.3. The molecule has 1 aromatic carbocycles. The van der Waals surface area contributed by atoms with Crippen molar-refractivity contribution in [3.63, 3.8) is 0 Å². The lowest BCUT2D eigenvalue weighted by Crippen LogP contribution is -2.14. The molecule has 2 nitrogen and oxygen atoms in total. The van der Waals surface area contributed by atoms with Gasteiger partial charge in [-0.25, -0.2) is 0 Å². The Morgan fingerprint density at radius 1 is 1.20 bits per heavy atom. The van der Waals surface area contributed by atoms with Gasteiger partial charge in [0.05, 0.1) is 0 Å². The molecule has 0 aromatic heterocycles. The summed E-state index contributed by atoms with van der Waals surface area (Å²) >= 11 is 0. The van der Waals surface area contributed by atoms with Crippen LogP contribution < -0.4 is 5.32 Å². The fraction of sp³-hybridized carbons (Fsp3) is 0.462. The smallest absolute Gasteiger partial charge is 0.138 e. The topological polar surface area (TPSA) is 29.1 Å². The van der Waals surface area contributed by atoms with E-state index in [0.717, 1.165) is 18.5 Å². The average molecular weight is 205 g/mol. The minimum atomic E-state index is 0.300. The number of benzene rings is 1. The van der Waals surface area contributed by atoms with Gasteiger partial charge in [-0.2, -0.15) is 0 Å². The Bertz CT molecular complexity index is 303. The molecule has 0 saturated heterocycles.